The molecule has 0 aromatic heterocycles. The van der Waals surface area contributed by atoms with Gasteiger partial charge in [-0.15, -0.1) is 0 Å². The molecule has 0 aliphatic carbocycles. The summed E-state index contributed by atoms with van der Waals surface area (Å²) in [5, 5.41) is 6.51. The minimum atomic E-state index is -0.102. The standard InChI is InChI=1S/CH7N5.H2S/c2-1(5-3)6-4;/h3-4H2,(H3,2,5,6);1H2. The van der Waals surface area contributed by atoms with Crippen molar-refractivity contribution in [2.24, 2.45) is 11.7 Å². The topological polar surface area (TPSA) is 100.0 Å². The van der Waals surface area contributed by atoms with E-state index >= 15 is 0 Å². The van der Waals surface area contributed by atoms with Crippen LogP contribution < -0.4 is 22.5 Å². The largest absolute Gasteiger partial charge is 0.294 e. The molecule has 0 atom stereocenters. The number of hydrazine groups is 2. The molecule has 0 aromatic rings. The highest BCUT2D eigenvalue weighted by Gasteiger charge is 1.76. The zero-order valence-corrected chi connectivity index (χ0v) is 4.65. The van der Waals surface area contributed by atoms with E-state index in [2.05, 4.69) is 11.7 Å². The van der Waals surface area contributed by atoms with Crippen molar-refractivity contribution in [1.29, 1.82) is 5.41 Å². The highest BCUT2D eigenvalue weighted by molar-refractivity contribution is 7.59. The average molecular weight is 123 g/mol. The molecule has 0 unspecified atom stereocenters. The maximum Gasteiger partial charge on any atom is 0.217 e. The van der Waals surface area contributed by atoms with Crippen molar-refractivity contribution in [2.75, 3.05) is 0 Å². The normalized spacial score (nSPS) is 6.00. The average Bonchev–Trinajstić information content (AvgIpc) is 1.65. The van der Waals surface area contributed by atoms with Gasteiger partial charge in [0.1, 0.15) is 0 Å². The Balaban J connectivity index is 0. The first-order valence-corrected chi connectivity index (χ1v) is 1.33. The Morgan fingerprint density at radius 3 is 1.57 bits per heavy atom. The Labute approximate surface area is 48.3 Å². The molecule has 0 rings (SSSR count). The molecular weight excluding hydrogens is 114 g/mol. The van der Waals surface area contributed by atoms with Crippen molar-refractivity contribution >= 4 is 19.5 Å². The van der Waals surface area contributed by atoms with E-state index in [4.69, 9.17) is 5.41 Å². The van der Waals surface area contributed by atoms with Crippen LogP contribution in [0.5, 0.6) is 0 Å². The molecule has 0 heterocycles. The number of hydrogen-bond donors (Lipinski definition) is 5. The first-order valence-electron chi connectivity index (χ1n) is 1.33. The Morgan fingerprint density at radius 2 is 1.57 bits per heavy atom. The summed E-state index contributed by atoms with van der Waals surface area (Å²) in [4.78, 5) is 0. The molecule has 0 bridgehead atoms. The van der Waals surface area contributed by atoms with Crippen LogP contribution in [0.25, 0.3) is 0 Å². The second-order valence-electron chi connectivity index (χ2n) is 0.664. The van der Waals surface area contributed by atoms with Gasteiger partial charge in [0, 0.05) is 0 Å². The molecule has 0 radical (unpaired) electrons. The van der Waals surface area contributed by atoms with Crippen LogP contribution in [0.15, 0.2) is 0 Å². The fourth-order valence-corrected chi connectivity index (χ4v) is 0.0417. The van der Waals surface area contributed by atoms with Gasteiger partial charge >= 0.3 is 0 Å². The lowest BCUT2D eigenvalue weighted by Gasteiger charge is -1.95. The fourth-order valence-electron chi connectivity index (χ4n) is 0.0417. The summed E-state index contributed by atoms with van der Waals surface area (Å²) in [5.41, 5.74) is 3.92. The lowest BCUT2D eigenvalue weighted by molar-refractivity contribution is 0.885. The van der Waals surface area contributed by atoms with E-state index in [1.165, 1.54) is 0 Å². The summed E-state index contributed by atoms with van der Waals surface area (Å²) >= 11 is 0. The molecule has 0 aliphatic heterocycles. The van der Waals surface area contributed by atoms with Crippen LogP contribution in [-0.2, 0) is 0 Å². The quantitative estimate of drug-likeness (QED) is 0.111. The Kier molecular flexibility index (Phi) is 7.71. The van der Waals surface area contributed by atoms with Gasteiger partial charge in [-0.1, -0.05) is 0 Å². The SMILES string of the molecule is N=C(NN)NN.S. The van der Waals surface area contributed by atoms with Gasteiger partial charge < -0.3 is 0 Å². The summed E-state index contributed by atoms with van der Waals surface area (Å²) in [7, 11) is 0. The Morgan fingerprint density at radius 1 is 1.29 bits per heavy atom. The Hall–Kier alpha value is -0.460. The highest BCUT2D eigenvalue weighted by atomic mass is 32.1. The van der Waals surface area contributed by atoms with Crippen molar-refractivity contribution in [3.8, 4) is 0 Å². The van der Waals surface area contributed by atoms with Gasteiger partial charge in [0.05, 0.1) is 0 Å². The molecule has 7 heavy (non-hydrogen) atoms. The minimum Gasteiger partial charge on any atom is -0.294 e. The Bertz CT molecular complexity index is 46.0. The first-order chi connectivity index (χ1) is 2.81. The molecule has 0 aromatic carbocycles. The predicted octanol–water partition coefficient (Wildman–Crippen LogP) is -2.04. The predicted molar refractivity (Wildman–Crippen MR) is 32.8 cm³/mol. The minimum absolute atomic E-state index is 0. The molecule has 0 amide bonds. The van der Waals surface area contributed by atoms with Crippen molar-refractivity contribution in [3.05, 3.63) is 0 Å². The highest BCUT2D eigenvalue weighted by Crippen LogP contribution is 1.35. The molecule has 44 valence electrons. The van der Waals surface area contributed by atoms with Crippen LogP contribution in [0.4, 0.5) is 0 Å². The van der Waals surface area contributed by atoms with Gasteiger partial charge in [-0.05, 0) is 0 Å². The van der Waals surface area contributed by atoms with E-state index < -0.39 is 0 Å². The summed E-state index contributed by atoms with van der Waals surface area (Å²) in [6.45, 7) is 0. The van der Waals surface area contributed by atoms with Crippen LogP contribution in [0.2, 0.25) is 0 Å². The molecule has 0 fully saturated rings. The lowest BCUT2D eigenvalue weighted by Crippen LogP contribution is -2.44. The molecule has 5 nitrogen and oxygen atoms in total. The third kappa shape index (κ3) is 5.54. The van der Waals surface area contributed by atoms with E-state index in [0.29, 0.717) is 0 Å². The molecular formula is CH9N5S. The third-order valence-corrected chi connectivity index (χ3v) is 0.289. The van der Waals surface area contributed by atoms with Crippen molar-refractivity contribution in [1.82, 2.24) is 10.9 Å². The van der Waals surface area contributed by atoms with Crippen LogP contribution in [0.1, 0.15) is 0 Å². The summed E-state index contributed by atoms with van der Waals surface area (Å²) in [6.07, 6.45) is 0. The first kappa shape index (κ1) is 9.74. The van der Waals surface area contributed by atoms with Gasteiger partial charge in [-0.3, -0.25) is 16.3 Å². The molecule has 0 saturated carbocycles. The van der Waals surface area contributed by atoms with E-state index in [1.807, 2.05) is 10.9 Å². The lowest BCUT2D eigenvalue weighted by atomic mass is 11.1. The zero-order valence-electron chi connectivity index (χ0n) is 3.65. The van der Waals surface area contributed by atoms with E-state index in [1.54, 1.807) is 0 Å². The molecule has 0 spiro atoms. The number of nitrogens with two attached hydrogens (primary N) is 2. The number of nitrogens with one attached hydrogen (secondary N) is 3. The maximum atomic E-state index is 6.51. The van der Waals surface area contributed by atoms with Crippen LogP contribution >= 0.6 is 13.5 Å². The zero-order chi connectivity index (χ0) is 4.99. The second kappa shape index (κ2) is 5.54. The smallest absolute Gasteiger partial charge is 0.217 e. The van der Waals surface area contributed by atoms with Gasteiger partial charge in [0.2, 0.25) is 5.96 Å². The van der Waals surface area contributed by atoms with E-state index in [0.717, 1.165) is 0 Å². The van der Waals surface area contributed by atoms with Crippen LogP contribution in [0.3, 0.4) is 0 Å². The summed E-state index contributed by atoms with van der Waals surface area (Å²) in [5.74, 6) is 9.23. The number of rotatable bonds is 0. The number of hydrogen-bond acceptors (Lipinski definition) is 3. The molecule has 0 saturated heterocycles. The maximum absolute atomic E-state index is 6.51. The molecule has 6 heteroatoms. The molecule has 0 aliphatic rings. The van der Waals surface area contributed by atoms with Gasteiger partial charge in [-0.25, -0.2) is 11.7 Å². The van der Waals surface area contributed by atoms with Gasteiger partial charge in [-0.2, -0.15) is 13.5 Å². The van der Waals surface area contributed by atoms with Crippen molar-refractivity contribution < 1.29 is 0 Å². The van der Waals surface area contributed by atoms with Gasteiger partial charge in [0.15, 0.2) is 0 Å². The van der Waals surface area contributed by atoms with Crippen LogP contribution in [-0.4, -0.2) is 5.96 Å². The number of guanidine groups is 1. The third-order valence-electron chi connectivity index (χ3n) is 0.289. The second-order valence-corrected chi connectivity index (χ2v) is 0.664. The van der Waals surface area contributed by atoms with Crippen LogP contribution in [0, 0.1) is 5.41 Å². The van der Waals surface area contributed by atoms with E-state index in [9.17, 15) is 0 Å². The summed E-state index contributed by atoms with van der Waals surface area (Å²) < 4.78 is 0. The van der Waals surface area contributed by atoms with E-state index in [-0.39, 0.29) is 19.5 Å². The van der Waals surface area contributed by atoms with Gasteiger partial charge in [0.25, 0.3) is 0 Å². The monoisotopic (exact) mass is 123 g/mol. The summed E-state index contributed by atoms with van der Waals surface area (Å²) in [6, 6.07) is 0. The van der Waals surface area contributed by atoms with Crippen molar-refractivity contribution in [3.63, 3.8) is 0 Å². The molecule has 7 N–H and O–H groups in total. The fraction of sp³-hybridized carbons (Fsp3) is 0. The van der Waals surface area contributed by atoms with Crippen molar-refractivity contribution in [2.45, 2.75) is 0 Å².